The summed E-state index contributed by atoms with van der Waals surface area (Å²) in [6.45, 7) is 1.19. The average molecular weight is 822 g/mol. The molecular formula is C38H28Cl6N2O2S2. The third-order valence-electron chi connectivity index (χ3n) is 7.03. The van der Waals surface area contributed by atoms with Crippen molar-refractivity contribution >= 4 is 105 Å². The van der Waals surface area contributed by atoms with Gasteiger partial charge in [0.15, 0.2) is 11.5 Å². The van der Waals surface area contributed by atoms with Crippen molar-refractivity contribution in [3.05, 3.63) is 163 Å². The molecule has 256 valence electrons. The lowest BCUT2D eigenvalue weighted by Gasteiger charge is -2.13. The molecule has 6 aromatic carbocycles. The summed E-state index contributed by atoms with van der Waals surface area (Å²) in [5.74, 6) is -0.214. The topological polar surface area (TPSA) is 64.5 Å². The molecule has 0 unspecified atom stereocenters. The molecule has 0 bridgehead atoms. The maximum absolute atomic E-state index is 9.64. The van der Waals surface area contributed by atoms with Gasteiger partial charge in [-0.05, 0) is 77.9 Å². The van der Waals surface area contributed by atoms with E-state index in [2.05, 4.69) is 34.9 Å². The smallest absolute Gasteiger partial charge is 0.152 e. The van der Waals surface area contributed by atoms with E-state index >= 15 is 0 Å². The van der Waals surface area contributed by atoms with Crippen molar-refractivity contribution in [1.29, 1.82) is 0 Å². The van der Waals surface area contributed by atoms with Crippen molar-refractivity contribution in [3.8, 4) is 11.5 Å². The van der Waals surface area contributed by atoms with Crippen molar-refractivity contribution in [2.24, 2.45) is 0 Å². The number of anilines is 2. The SMILES string of the molecule is Oc1c(Cl)cc(NCc2ccccc2Sc2cccc(Cl)c2)cc1Cl.Oc1c(Cl)cc(NCc2ccccc2Sc2ccccc2Cl)cc1Cl. The summed E-state index contributed by atoms with van der Waals surface area (Å²) < 4.78 is 0. The van der Waals surface area contributed by atoms with Gasteiger partial charge >= 0.3 is 0 Å². The Bertz CT molecular complexity index is 2050. The number of hydrogen-bond donors (Lipinski definition) is 4. The first-order valence-electron chi connectivity index (χ1n) is 14.9. The molecule has 0 amide bonds. The summed E-state index contributed by atoms with van der Waals surface area (Å²) in [5, 5.41) is 28.2. The maximum Gasteiger partial charge on any atom is 0.152 e. The van der Waals surface area contributed by atoms with Gasteiger partial charge in [0.05, 0.1) is 25.1 Å². The fraction of sp³-hybridized carbons (Fsp3) is 0.0526. The molecule has 0 aromatic heterocycles. The molecule has 0 radical (unpaired) electrons. The highest BCUT2D eigenvalue weighted by Gasteiger charge is 2.11. The average Bonchev–Trinajstić information content (AvgIpc) is 3.10. The van der Waals surface area contributed by atoms with Crippen LogP contribution in [0.2, 0.25) is 30.1 Å². The van der Waals surface area contributed by atoms with E-state index in [0.717, 1.165) is 47.1 Å². The van der Waals surface area contributed by atoms with E-state index in [9.17, 15) is 10.2 Å². The number of rotatable bonds is 10. The van der Waals surface area contributed by atoms with Crippen LogP contribution >= 0.6 is 93.1 Å². The van der Waals surface area contributed by atoms with Crippen LogP contribution in [-0.2, 0) is 13.1 Å². The number of hydrogen-bond acceptors (Lipinski definition) is 6. The Morgan fingerprint density at radius 3 is 1.36 bits per heavy atom. The van der Waals surface area contributed by atoms with Crippen LogP contribution < -0.4 is 10.6 Å². The zero-order valence-electron chi connectivity index (χ0n) is 25.9. The van der Waals surface area contributed by atoms with Gasteiger partial charge in [-0.3, -0.25) is 0 Å². The molecule has 0 aliphatic heterocycles. The number of nitrogens with one attached hydrogen (secondary N) is 2. The van der Waals surface area contributed by atoms with Gasteiger partial charge in [-0.15, -0.1) is 0 Å². The molecular weight excluding hydrogens is 793 g/mol. The molecule has 12 heteroatoms. The van der Waals surface area contributed by atoms with Gasteiger partial charge in [0.2, 0.25) is 0 Å². The molecule has 0 atom stereocenters. The normalized spacial score (nSPS) is 10.7. The van der Waals surface area contributed by atoms with Crippen LogP contribution in [0.3, 0.4) is 0 Å². The molecule has 0 aliphatic carbocycles. The van der Waals surface area contributed by atoms with Crippen LogP contribution in [0.1, 0.15) is 11.1 Å². The van der Waals surface area contributed by atoms with Crippen LogP contribution in [0.15, 0.2) is 141 Å². The zero-order chi connectivity index (χ0) is 35.6. The summed E-state index contributed by atoms with van der Waals surface area (Å²) in [5.41, 5.74) is 3.74. The maximum atomic E-state index is 9.64. The lowest BCUT2D eigenvalue weighted by Crippen LogP contribution is -2.01. The van der Waals surface area contributed by atoms with Crippen LogP contribution in [0, 0.1) is 0 Å². The van der Waals surface area contributed by atoms with E-state index < -0.39 is 0 Å². The monoisotopic (exact) mass is 818 g/mol. The zero-order valence-corrected chi connectivity index (χ0v) is 32.1. The standard InChI is InChI=1S/2C19H14Cl3NOS/c20-14-6-2-4-8-18(14)25-17-7-3-1-5-12(17)11-23-13-9-15(21)19(24)16(22)10-13;20-13-5-3-6-15(8-13)25-18-7-2-1-4-12(18)11-23-14-9-16(21)19(24)17(22)10-14/h2*1-10,23-24H,11H2. The minimum atomic E-state index is -0.108. The molecule has 0 saturated carbocycles. The number of benzene rings is 6. The van der Waals surface area contributed by atoms with Crippen molar-refractivity contribution in [2.45, 2.75) is 32.7 Å². The van der Waals surface area contributed by atoms with E-state index in [-0.39, 0.29) is 31.6 Å². The first kappa shape index (κ1) is 38.2. The van der Waals surface area contributed by atoms with E-state index in [0.29, 0.717) is 18.1 Å². The first-order valence-corrected chi connectivity index (χ1v) is 18.8. The second-order valence-corrected chi connectivity index (χ2v) is 15.3. The second kappa shape index (κ2) is 18.5. The van der Waals surface area contributed by atoms with E-state index in [4.69, 9.17) is 69.6 Å². The lowest BCUT2D eigenvalue weighted by molar-refractivity contribution is 0.475. The summed E-state index contributed by atoms with van der Waals surface area (Å²) in [4.78, 5) is 4.33. The molecule has 50 heavy (non-hydrogen) atoms. The third kappa shape index (κ3) is 10.7. The highest BCUT2D eigenvalue weighted by molar-refractivity contribution is 7.99. The lowest BCUT2D eigenvalue weighted by atomic mass is 10.2. The Balaban J connectivity index is 0.000000194. The summed E-state index contributed by atoms with van der Waals surface area (Å²) >= 11 is 39.5. The minimum absolute atomic E-state index is 0.106. The van der Waals surface area contributed by atoms with Gasteiger partial charge in [0, 0.05) is 49.1 Å². The van der Waals surface area contributed by atoms with Crippen LogP contribution in [0.5, 0.6) is 11.5 Å². The Kier molecular flexibility index (Phi) is 14.1. The Hall–Kier alpha value is -3.04. The second-order valence-electron chi connectivity index (χ2n) is 10.6. The molecule has 6 aromatic rings. The summed E-state index contributed by atoms with van der Waals surface area (Å²) in [7, 11) is 0. The van der Waals surface area contributed by atoms with Gasteiger partial charge in [-0.1, -0.05) is 148 Å². The van der Waals surface area contributed by atoms with Crippen molar-refractivity contribution < 1.29 is 10.2 Å². The minimum Gasteiger partial charge on any atom is -0.505 e. The molecule has 0 spiro atoms. The molecule has 6 rings (SSSR count). The largest absolute Gasteiger partial charge is 0.505 e. The van der Waals surface area contributed by atoms with Gasteiger partial charge in [-0.2, -0.15) is 0 Å². The quantitative estimate of drug-likeness (QED) is 0.103. The molecule has 4 N–H and O–H groups in total. The first-order chi connectivity index (χ1) is 24.1. The Labute approximate surface area is 329 Å². The predicted octanol–water partition coefficient (Wildman–Crippen LogP) is 14.2. The molecule has 0 fully saturated rings. The van der Waals surface area contributed by atoms with E-state index in [1.54, 1.807) is 47.8 Å². The predicted molar refractivity (Wildman–Crippen MR) is 215 cm³/mol. The number of phenols is 2. The van der Waals surface area contributed by atoms with Gasteiger partial charge in [-0.25, -0.2) is 0 Å². The summed E-state index contributed by atoms with van der Waals surface area (Å²) in [6.07, 6.45) is 0. The van der Waals surface area contributed by atoms with Crippen molar-refractivity contribution in [3.63, 3.8) is 0 Å². The van der Waals surface area contributed by atoms with Gasteiger partial charge < -0.3 is 20.8 Å². The molecule has 0 heterocycles. The van der Waals surface area contributed by atoms with Crippen LogP contribution in [0.25, 0.3) is 0 Å². The number of aromatic hydroxyl groups is 2. The Morgan fingerprint density at radius 2 is 0.880 bits per heavy atom. The van der Waals surface area contributed by atoms with Crippen molar-refractivity contribution in [2.75, 3.05) is 10.6 Å². The van der Waals surface area contributed by atoms with Crippen molar-refractivity contribution in [1.82, 2.24) is 0 Å². The van der Waals surface area contributed by atoms with Gasteiger partial charge in [0.1, 0.15) is 0 Å². The fourth-order valence-corrected chi connectivity index (χ4v) is 7.98. The third-order valence-corrected chi connectivity index (χ3v) is 11.2. The van der Waals surface area contributed by atoms with E-state index in [1.807, 2.05) is 72.8 Å². The number of halogens is 6. The van der Waals surface area contributed by atoms with E-state index in [1.165, 1.54) is 0 Å². The molecule has 0 aliphatic rings. The van der Waals surface area contributed by atoms with Gasteiger partial charge in [0.25, 0.3) is 0 Å². The highest BCUT2D eigenvalue weighted by atomic mass is 35.5. The summed E-state index contributed by atoms with van der Waals surface area (Å²) in [6, 6.07) is 38.3. The number of phenolic OH excluding ortho intramolecular Hbond substituents is 2. The molecule has 0 saturated heterocycles. The van der Waals surface area contributed by atoms with Crippen LogP contribution in [0.4, 0.5) is 11.4 Å². The Morgan fingerprint density at radius 1 is 0.440 bits per heavy atom. The highest BCUT2D eigenvalue weighted by Crippen LogP contribution is 2.38. The van der Waals surface area contributed by atoms with Crippen LogP contribution in [-0.4, -0.2) is 10.2 Å². The fourth-order valence-electron chi connectivity index (χ4n) is 4.53. The molecule has 4 nitrogen and oxygen atoms in total.